The Bertz CT molecular complexity index is 1410. The van der Waals surface area contributed by atoms with Gasteiger partial charge in [0.15, 0.2) is 0 Å². The average Bonchev–Trinajstić information content (AvgIpc) is 3.56. The molecule has 0 unspecified atom stereocenters. The van der Waals surface area contributed by atoms with Crippen LogP contribution >= 0.6 is 0 Å². The molecule has 3 atom stereocenters. The summed E-state index contributed by atoms with van der Waals surface area (Å²) in [4.78, 5) is 63.6. The summed E-state index contributed by atoms with van der Waals surface area (Å²) in [5, 5.41) is 17.3. The fraction of sp³-hybridized carbons (Fsp3) is 0.485. The van der Waals surface area contributed by atoms with E-state index in [-0.39, 0.29) is 44.7 Å². The zero-order valence-electron chi connectivity index (χ0n) is 26.7. The van der Waals surface area contributed by atoms with Gasteiger partial charge in [-0.05, 0) is 48.9 Å². The van der Waals surface area contributed by atoms with E-state index in [0.717, 1.165) is 27.2 Å². The lowest BCUT2D eigenvalue weighted by atomic mass is 9.98. The number of alkyl carbamates (subject to hydrolysis) is 2. The third kappa shape index (κ3) is 8.53. The van der Waals surface area contributed by atoms with Crippen LogP contribution in [0.15, 0.2) is 48.5 Å². The lowest BCUT2D eigenvalue weighted by molar-refractivity contribution is -0.149. The van der Waals surface area contributed by atoms with Crippen LogP contribution in [0, 0.1) is 5.92 Å². The number of carbonyl (C=O) groups excluding carboxylic acids is 4. The summed E-state index contributed by atoms with van der Waals surface area (Å²) in [6.45, 7) is 7.96. The zero-order valence-corrected chi connectivity index (χ0v) is 26.7. The third-order valence-corrected chi connectivity index (χ3v) is 7.76. The van der Waals surface area contributed by atoms with E-state index in [1.165, 1.54) is 0 Å². The second kappa shape index (κ2) is 14.6. The monoisotopic (exact) mass is 638 g/mol. The number of likely N-dealkylation sites (tertiary alicyclic amines) is 1. The summed E-state index contributed by atoms with van der Waals surface area (Å²) in [6, 6.07) is 13.7. The molecule has 13 nitrogen and oxygen atoms in total. The number of carbonyl (C=O) groups is 5. The van der Waals surface area contributed by atoms with Gasteiger partial charge in [-0.25, -0.2) is 14.4 Å². The molecule has 0 radical (unpaired) electrons. The van der Waals surface area contributed by atoms with E-state index >= 15 is 0 Å². The van der Waals surface area contributed by atoms with Crippen LogP contribution < -0.4 is 16.0 Å². The van der Waals surface area contributed by atoms with Gasteiger partial charge in [0.1, 0.15) is 37.6 Å². The summed E-state index contributed by atoms with van der Waals surface area (Å²) in [7, 11) is 0. The molecule has 1 aliphatic heterocycles. The van der Waals surface area contributed by atoms with Crippen molar-refractivity contribution in [1.82, 2.24) is 20.9 Å². The van der Waals surface area contributed by atoms with Gasteiger partial charge in [-0.1, -0.05) is 62.4 Å². The predicted octanol–water partition coefficient (Wildman–Crippen LogP) is 3.22. The second-order valence-corrected chi connectivity index (χ2v) is 12.7. The van der Waals surface area contributed by atoms with Gasteiger partial charge in [0, 0.05) is 18.9 Å². The second-order valence-electron chi connectivity index (χ2n) is 12.7. The molecule has 0 spiro atoms. The first kappa shape index (κ1) is 34.2. The van der Waals surface area contributed by atoms with Crippen molar-refractivity contribution in [2.24, 2.45) is 5.92 Å². The summed E-state index contributed by atoms with van der Waals surface area (Å²) in [6.07, 6.45) is -2.22. The van der Waals surface area contributed by atoms with Gasteiger partial charge in [0.25, 0.3) is 0 Å². The van der Waals surface area contributed by atoms with Gasteiger partial charge in [0.05, 0.1) is 6.10 Å². The van der Waals surface area contributed by atoms with Gasteiger partial charge < -0.3 is 40.2 Å². The molecule has 1 aliphatic carbocycles. The molecule has 4 amide bonds. The van der Waals surface area contributed by atoms with Crippen LogP contribution in [-0.2, 0) is 28.6 Å². The highest BCUT2D eigenvalue weighted by Crippen LogP contribution is 2.44. The van der Waals surface area contributed by atoms with E-state index in [9.17, 15) is 29.1 Å². The Morgan fingerprint density at radius 1 is 0.935 bits per heavy atom. The van der Waals surface area contributed by atoms with Crippen molar-refractivity contribution in [2.75, 3.05) is 26.4 Å². The van der Waals surface area contributed by atoms with E-state index in [0.29, 0.717) is 0 Å². The van der Waals surface area contributed by atoms with E-state index < -0.39 is 53.8 Å². The van der Waals surface area contributed by atoms with Gasteiger partial charge in [-0.15, -0.1) is 0 Å². The molecule has 0 saturated carbocycles. The van der Waals surface area contributed by atoms with Crippen LogP contribution in [0.2, 0.25) is 0 Å². The maximum atomic E-state index is 13.4. The number of hydrogen-bond donors (Lipinski definition) is 4. The topological polar surface area (TPSA) is 173 Å². The van der Waals surface area contributed by atoms with Crippen molar-refractivity contribution in [2.45, 2.75) is 70.7 Å². The summed E-state index contributed by atoms with van der Waals surface area (Å²) in [5.74, 6) is -2.80. The minimum atomic E-state index is -1.21. The summed E-state index contributed by atoms with van der Waals surface area (Å²) in [5.41, 5.74) is 3.58. The molecule has 248 valence electrons. The summed E-state index contributed by atoms with van der Waals surface area (Å²) >= 11 is 0. The Morgan fingerprint density at radius 3 is 2.11 bits per heavy atom. The molecule has 46 heavy (non-hydrogen) atoms. The fourth-order valence-electron chi connectivity index (χ4n) is 5.63. The van der Waals surface area contributed by atoms with E-state index in [1.807, 2.05) is 48.5 Å². The van der Waals surface area contributed by atoms with Gasteiger partial charge in [0.2, 0.25) is 11.8 Å². The first-order valence-electron chi connectivity index (χ1n) is 15.2. The van der Waals surface area contributed by atoms with E-state index in [4.69, 9.17) is 14.2 Å². The first-order chi connectivity index (χ1) is 21.7. The van der Waals surface area contributed by atoms with Crippen LogP contribution in [0.4, 0.5) is 9.59 Å². The van der Waals surface area contributed by atoms with Crippen molar-refractivity contribution >= 4 is 30.0 Å². The van der Waals surface area contributed by atoms with Crippen LogP contribution in [0.5, 0.6) is 0 Å². The van der Waals surface area contributed by atoms with Crippen LogP contribution in [0.1, 0.15) is 58.1 Å². The predicted molar refractivity (Wildman–Crippen MR) is 167 cm³/mol. The third-order valence-electron chi connectivity index (χ3n) is 7.76. The van der Waals surface area contributed by atoms with Crippen molar-refractivity contribution in [1.29, 1.82) is 0 Å². The van der Waals surface area contributed by atoms with Gasteiger partial charge in [-0.2, -0.15) is 0 Å². The Labute approximate surface area is 267 Å². The minimum Gasteiger partial charge on any atom is -0.480 e. The zero-order chi connectivity index (χ0) is 33.6. The highest BCUT2D eigenvalue weighted by molar-refractivity contribution is 5.90. The normalized spacial score (nSPS) is 17.9. The molecular formula is C33H42N4O9. The van der Waals surface area contributed by atoms with Gasteiger partial charge >= 0.3 is 18.2 Å². The minimum absolute atomic E-state index is 0.00774. The number of ether oxygens (including phenoxy) is 3. The largest absolute Gasteiger partial charge is 0.480 e. The lowest BCUT2D eigenvalue weighted by Crippen LogP contribution is -2.54. The van der Waals surface area contributed by atoms with Crippen molar-refractivity contribution in [3.05, 3.63) is 59.7 Å². The number of aliphatic carboxylic acids is 1. The van der Waals surface area contributed by atoms with E-state index in [2.05, 4.69) is 16.0 Å². The highest BCUT2D eigenvalue weighted by Gasteiger charge is 2.43. The average molecular weight is 639 g/mol. The number of rotatable bonds is 11. The molecule has 2 aliphatic rings. The maximum absolute atomic E-state index is 13.4. The van der Waals surface area contributed by atoms with Crippen molar-refractivity contribution < 1.29 is 43.3 Å². The number of hydrogen-bond acceptors (Lipinski definition) is 8. The van der Waals surface area contributed by atoms with E-state index in [1.54, 1.807) is 34.6 Å². The molecule has 1 saturated heterocycles. The molecule has 4 rings (SSSR count). The molecule has 2 aromatic rings. The Hall–Kier alpha value is -4.65. The van der Waals surface area contributed by atoms with Crippen LogP contribution in [0.3, 0.4) is 0 Å². The SMILES string of the molecule is CC(C)[C@H](NC(=O)OC(C)(C)C)C(=O)N1C[C@H](OCNC(=O)CNC(=O)OCC2c3ccccc3-c3ccccc32)C[C@H]1C(=O)O. The Morgan fingerprint density at radius 2 is 1.54 bits per heavy atom. The molecule has 2 aromatic carbocycles. The highest BCUT2D eigenvalue weighted by atomic mass is 16.6. The Balaban J connectivity index is 1.22. The lowest BCUT2D eigenvalue weighted by Gasteiger charge is -2.30. The Kier molecular flexibility index (Phi) is 10.9. The fourth-order valence-corrected chi connectivity index (χ4v) is 5.63. The smallest absolute Gasteiger partial charge is 0.408 e. The van der Waals surface area contributed by atoms with Crippen LogP contribution in [0.25, 0.3) is 11.1 Å². The molecule has 1 fully saturated rings. The van der Waals surface area contributed by atoms with Crippen molar-refractivity contribution in [3.63, 3.8) is 0 Å². The molecule has 0 aromatic heterocycles. The summed E-state index contributed by atoms with van der Waals surface area (Å²) < 4.78 is 16.4. The van der Waals surface area contributed by atoms with Crippen molar-refractivity contribution in [3.8, 4) is 11.1 Å². The maximum Gasteiger partial charge on any atom is 0.408 e. The molecular weight excluding hydrogens is 596 g/mol. The number of fused-ring (bicyclic) bond motifs is 3. The van der Waals surface area contributed by atoms with Gasteiger partial charge in [-0.3, -0.25) is 9.59 Å². The number of benzene rings is 2. The molecule has 1 heterocycles. The standard InChI is InChI=1S/C33H42N4O9/c1-19(2)28(36-32(43)46-33(3,4)5)29(39)37-16-20(14-26(37)30(40)41)45-18-35-27(38)15-34-31(42)44-17-25-23-12-8-6-10-21(23)22-11-7-9-13-24(22)25/h6-13,19-20,25-26,28H,14-18H2,1-5H3,(H,34,42)(H,35,38)(H,36,43)(H,40,41)/t20-,26+,28+/m1/s1. The van der Waals surface area contributed by atoms with Crippen LogP contribution in [-0.4, -0.2) is 90.2 Å². The number of nitrogens with one attached hydrogen (secondary N) is 3. The quantitative estimate of drug-likeness (QED) is 0.270. The number of nitrogens with zero attached hydrogens (tertiary/aromatic N) is 1. The first-order valence-corrected chi connectivity index (χ1v) is 15.2. The molecule has 4 N–H and O–H groups in total. The molecule has 0 bridgehead atoms. The number of amides is 4. The number of carboxylic acid groups (broad SMARTS) is 1. The molecule has 13 heteroatoms. The number of carboxylic acids is 1.